The van der Waals surface area contributed by atoms with Crippen LogP contribution in [0.15, 0.2) is 59.8 Å². The lowest BCUT2D eigenvalue weighted by Gasteiger charge is -2.15. The zero-order chi connectivity index (χ0) is 20.1. The molecule has 2 aliphatic heterocycles. The highest BCUT2D eigenvalue weighted by atomic mass is 16.6. The van der Waals surface area contributed by atoms with Gasteiger partial charge in [-0.25, -0.2) is 0 Å². The van der Waals surface area contributed by atoms with Crippen LogP contribution in [0.3, 0.4) is 0 Å². The van der Waals surface area contributed by atoms with Gasteiger partial charge in [-0.2, -0.15) is 0 Å². The summed E-state index contributed by atoms with van der Waals surface area (Å²) in [7, 11) is 0. The van der Waals surface area contributed by atoms with Crippen molar-refractivity contribution in [3.63, 3.8) is 0 Å². The molecule has 2 atom stereocenters. The van der Waals surface area contributed by atoms with Gasteiger partial charge in [0.05, 0.1) is 23.1 Å². The molecule has 7 heteroatoms. The Morgan fingerprint density at radius 1 is 1.07 bits per heavy atom. The van der Waals surface area contributed by atoms with Crippen molar-refractivity contribution in [2.45, 2.75) is 31.5 Å². The number of hydrogen-bond donors (Lipinski definition) is 2. The van der Waals surface area contributed by atoms with E-state index in [0.717, 1.165) is 30.7 Å². The first kappa shape index (κ1) is 19.1. The largest absolute Gasteiger partial charge is 0.382 e. The lowest BCUT2D eigenvalue weighted by Crippen LogP contribution is -2.33. The molecule has 2 heterocycles. The monoisotopic (exact) mass is 393 g/mol. The summed E-state index contributed by atoms with van der Waals surface area (Å²) in [6.07, 6.45) is 1.67. The maximum atomic E-state index is 12.7. The van der Waals surface area contributed by atoms with Crippen LogP contribution in [0.5, 0.6) is 0 Å². The van der Waals surface area contributed by atoms with Crippen LogP contribution < -0.4 is 10.6 Å². The number of nitrogens with one attached hydrogen (secondary N) is 2. The van der Waals surface area contributed by atoms with Gasteiger partial charge < -0.3 is 20.2 Å². The Labute approximate surface area is 169 Å². The number of oxime groups is 1. The average Bonchev–Trinajstić information content (AvgIpc) is 3.45. The minimum Gasteiger partial charge on any atom is -0.382 e. The molecule has 1 saturated heterocycles. The molecular weight excluding hydrogens is 370 g/mol. The lowest BCUT2D eigenvalue weighted by molar-refractivity contribution is -0.125. The van der Waals surface area contributed by atoms with Crippen LogP contribution >= 0.6 is 0 Å². The van der Waals surface area contributed by atoms with Crippen molar-refractivity contribution in [3.8, 4) is 0 Å². The van der Waals surface area contributed by atoms with Crippen LogP contribution in [0.2, 0.25) is 0 Å². The first-order valence-electron chi connectivity index (χ1n) is 9.78. The highest BCUT2D eigenvalue weighted by molar-refractivity contribution is 6.08. The summed E-state index contributed by atoms with van der Waals surface area (Å²) < 4.78 is 5.53. The van der Waals surface area contributed by atoms with Crippen molar-refractivity contribution in [3.05, 3.63) is 65.7 Å². The third kappa shape index (κ3) is 4.63. The van der Waals surface area contributed by atoms with Crippen LogP contribution in [0.4, 0.5) is 5.69 Å². The highest BCUT2D eigenvalue weighted by Gasteiger charge is 2.29. The summed E-state index contributed by atoms with van der Waals surface area (Å²) in [6, 6.07) is 16.5. The SMILES string of the molecule is O=C(NCC1CCCO1)c1ccccc1NC(=O)C1CC(c2ccccc2)=NO1. The lowest BCUT2D eigenvalue weighted by atomic mass is 10.0. The molecule has 4 rings (SSSR count). The van der Waals surface area contributed by atoms with E-state index in [1.807, 2.05) is 30.3 Å². The second-order valence-electron chi connectivity index (χ2n) is 7.08. The van der Waals surface area contributed by atoms with Gasteiger partial charge in [0.1, 0.15) is 0 Å². The molecule has 2 unspecified atom stereocenters. The second-order valence-corrected chi connectivity index (χ2v) is 7.08. The van der Waals surface area contributed by atoms with E-state index in [1.165, 1.54) is 0 Å². The number of carbonyl (C=O) groups excluding carboxylic acids is 2. The highest BCUT2D eigenvalue weighted by Crippen LogP contribution is 2.20. The van der Waals surface area contributed by atoms with Gasteiger partial charge in [-0.1, -0.05) is 47.6 Å². The number of para-hydroxylation sites is 1. The molecule has 2 aromatic rings. The first-order chi connectivity index (χ1) is 14.2. The summed E-state index contributed by atoms with van der Waals surface area (Å²) in [5, 5.41) is 9.73. The molecule has 2 amide bonds. The van der Waals surface area contributed by atoms with E-state index in [9.17, 15) is 9.59 Å². The summed E-state index contributed by atoms with van der Waals surface area (Å²) >= 11 is 0. The van der Waals surface area contributed by atoms with E-state index >= 15 is 0 Å². The van der Waals surface area contributed by atoms with Crippen LogP contribution in [0.25, 0.3) is 0 Å². The van der Waals surface area contributed by atoms with Crippen LogP contribution in [-0.2, 0) is 14.4 Å². The number of nitrogens with zero attached hydrogens (tertiary/aromatic N) is 1. The first-order valence-corrected chi connectivity index (χ1v) is 9.78. The molecule has 150 valence electrons. The van der Waals surface area contributed by atoms with E-state index in [2.05, 4.69) is 15.8 Å². The number of carbonyl (C=O) groups is 2. The molecule has 0 bridgehead atoms. The van der Waals surface area contributed by atoms with Crippen LogP contribution in [-0.4, -0.2) is 42.9 Å². The number of benzene rings is 2. The maximum Gasteiger partial charge on any atom is 0.268 e. The fourth-order valence-corrected chi connectivity index (χ4v) is 3.43. The molecule has 0 aliphatic carbocycles. The molecule has 2 N–H and O–H groups in total. The predicted octanol–water partition coefficient (Wildman–Crippen LogP) is 2.73. The zero-order valence-corrected chi connectivity index (χ0v) is 16.0. The molecule has 2 aliphatic rings. The third-order valence-electron chi connectivity index (χ3n) is 5.01. The topological polar surface area (TPSA) is 89.0 Å². The minimum atomic E-state index is -0.729. The van der Waals surface area contributed by atoms with Crippen LogP contribution in [0, 0.1) is 0 Å². The van der Waals surface area contributed by atoms with Crippen molar-refractivity contribution in [1.29, 1.82) is 0 Å². The fraction of sp³-hybridized carbons (Fsp3) is 0.318. The molecule has 0 aromatic heterocycles. The van der Waals surface area contributed by atoms with Crippen molar-refractivity contribution in [1.82, 2.24) is 5.32 Å². The Kier molecular flexibility index (Phi) is 5.86. The van der Waals surface area contributed by atoms with E-state index in [0.29, 0.717) is 24.2 Å². The van der Waals surface area contributed by atoms with E-state index in [-0.39, 0.29) is 17.9 Å². The number of ether oxygens (including phenoxy) is 1. The summed E-state index contributed by atoms with van der Waals surface area (Å²) in [4.78, 5) is 30.6. The Hall–Kier alpha value is -3.19. The Morgan fingerprint density at radius 2 is 1.86 bits per heavy atom. The van der Waals surface area contributed by atoms with Crippen molar-refractivity contribution in [2.75, 3.05) is 18.5 Å². The standard InChI is InChI=1S/C22H23N3O4/c26-21(23-14-16-9-6-12-28-16)17-10-4-5-11-18(17)24-22(27)20-13-19(25-29-20)15-7-2-1-3-8-15/h1-5,7-8,10-11,16,20H,6,9,12-14H2,(H,23,26)(H,24,27). The van der Waals surface area contributed by atoms with Gasteiger partial charge in [-0.15, -0.1) is 0 Å². The number of anilines is 1. The van der Waals surface area contributed by atoms with E-state index in [1.54, 1.807) is 24.3 Å². The Morgan fingerprint density at radius 3 is 2.66 bits per heavy atom. The number of hydrogen-bond acceptors (Lipinski definition) is 5. The average molecular weight is 393 g/mol. The summed E-state index contributed by atoms with van der Waals surface area (Å²) in [6.45, 7) is 1.20. The van der Waals surface area contributed by atoms with Crippen LogP contribution in [0.1, 0.15) is 35.2 Å². The summed E-state index contributed by atoms with van der Waals surface area (Å²) in [5.41, 5.74) is 2.50. The molecule has 29 heavy (non-hydrogen) atoms. The smallest absolute Gasteiger partial charge is 0.268 e. The molecule has 1 fully saturated rings. The van der Waals surface area contributed by atoms with Crippen molar-refractivity contribution < 1.29 is 19.2 Å². The number of amides is 2. The van der Waals surface area contributed by atoms with Gasteiger partial charge in [0.15, 0.2) is 0 Å². The van der Waals surface area contributed by atoms with E-state index < -0.39 is 6.10 Å². The van der Waals surface area contributed by atoms with Crippen molar-refractivity contribution in [2.24, 2.45) is 5.16 Å². The van der Waals surface area contributed by atoms with Gasteiger partial charge in [0.2, 0.25) is 6.10 Å². The maximum absolute atomic E-state index is 12.7. The van der Waals surface area contributed by atoms with Gasteiger partial charge in [0, 0.05) is 19.6 Å². The molecule has 0 radical (unpaired) electrons. The summed E-state index contributed by atoms with van der Waals surface area (Å²) in [5.74, 6) is -0.580. The van der Waals surface area contributed by atoms with E-state index in [4.69, 9.17) is 9.57 Å². The molecular formula is C22H23N3O4. The minimum absolute atomic E-state index is 0.0566. The molecule has 7 nitrogen and oxygen atoms in total. The zero-order valence-electron chi connectivity index (χ0n) is 16.0. The molecule has 2 aromatic carbocycles. The quantitative estimate of drug-likeness (QED) is 0.790. The number of rotatable bonds is 6. The molecule has 0 saturated carbocycles. The Bertz CT molecular complexity index is 907. The van der Waals surface area contributed by atoms with Gasteiger partial charge in [-0.05, 0) is 30.5 Å². The normalized spacial score (nSPS) is 20.6. The van der Waals surface area contributed by atoms with Gasteiger partial charge in [-0.3, -0.25) is 9.59 Å². The van der Waals surface area contributed by atoms with Gasteiger partial charge >= 0.3 is 0 Å². The van der Waals surface area contributed by atoms with Crippen molar-refractivity contribution >= 4 is 23.2 Å². The molecule has 0 spiro atoms. The fourth-order valence-electron chi connectivity index (χ4n) is 3.43. The second kappa shape index (κ2) is 8.87. The Balaban J connectivity index is 1.37. The third-order valence-corrected chi connectivity index (χ3v) is 5.01. The van der Waals surface area contributed by atoms with Gasteiger partial charge in [0.25, 0.3) is 11.8 Å². The predicted molar refractivity (Wildman–Crippen MR) is 109 cm³/mol.